The Hall–Kier alpha value is -3.39. The van der Waals surface area contributed by atoms with E-state index >= 15 is 0 Å². The van der Waals surface area contributed by atoms with E-state index in [9.17, 15) is 9.59 Å². The van der Waals surface area contributed by atoms with Gasteiger partial charge in [-0.2, -0.15) is 0 Å². The topological polar surface area (TPSA) is 84.4 Å². The molecule has 8 heteroatoms. The van der Waals surface area contributed by atoms with Crippen LogP contribution in [-0.2, 0) is 11.3 Å². The monoisotopic (exact) mass is 424 g/mol. The van der Waals surface area contributed by atoms with E-state index < -0.39 is 5.91 Å². The van der Waals surface area contributed by atoms with Gasteiger partial charge in [-0.25, -0.2) is 0 Å². The van der Waals surface area contributed by atoms with Crippen molar-refractivity contribution < 1.29 is 14.3 Å². The summed E-state index contributed by atoms with van der Waals surface area (Å²) < 4.78 is 7.53. The van der Waals surface area contributed by atoms with Crippen LogP contribution < -0.4 is 20.9 Å². The predicted octanol–water partition coefficient (Wildman–Crippen LogP) is 3.01. The molecule has 7 nitrogen and oxygen atoms in total. The van der Waals surface area contributed by atoms with E-state index in [1.807, 2.05) is 54.9 Å². The van der Waals surface area contributed by atoms with Crippen molar-refractivity contribution in [1.82, 2.24) is 20.7 Å². The zero-order valence-corrected chi connectivity index (χ0v) is 17.7. The fraction of sp³-hybridized carbons (Fsp3) is 0.227. The number of aromatic nitrogens is 1. The highest BCUT2D eigenvalue weighted by Gasteiger charge is 2.14. The lowest BCUT2D eigenvalue weighted by atomic mass is 10.2. The number of nitrogens with one attached hydrogen (secondary N) is 3. The largest absolute Gasteiger partial charge is 0.492 e. The number of benzene rings is 2. The van der Waals surface area contributed by atoms with Gasteiger partial charge in [0.2, 0.25) is 0 Å². The molecule has 0 unspecified atom stereocenters. The summed E-state index contributed by atoms with van der Waals surface area (Å²) in [5.74, 6) is 0.0950. The number of carbonyl (C=O) groups is 2. The van der Waals surface area contributed by atoms with Crippen molar-refractivity contribution in [2.24, 2.45) is 5.92 Å². The number of nitrogens with zero attached hydrogens (tertiary/aromatic N) is 1. The molecule has 3 N–H and O–H groups in total. The fourth-order valence-electron chi connectivity index (χ4n) is 2.84. The minimum Gasteiger partial charge on any atom is -0.492 e. The Balaban J connectivity index is 1.52. The third kappa shape index (κ3) is 5.57. The van der Waals surface area contributed by atoms with Crippen LogP contribution in [0.3, 0.4) is 0 Å². The maximum Gasteiger partial charge on any atom is 0.261 e. The fourth-order valence-corrected chi connectivity index (χ4v) is 2.98. The van der Waals surface area contributed by atoms with Crippen molar-refractivity contribution in [3.8, 4) is 5.75 Å². The first-order chi connectivity index (χ1) is 14.4. The number of rotatable bonds is 6. The Morgan fingerprint density at radius 2 is 1.77 bits per heavy atom. The average molecular weight is 425 g/mol. The van der Waals surface area contributed by atoms with E-state index in [0.717, 1.165) is 10.9 Å². The van der Waals surface area contributed by atoms with Crippen LogP contribution >= 0.6 is 12.2 Å². The second kappa shape index (κ2) is 9.89. The lowest BCUT2D eigenvalue weighted by Gasteiger charge is -2.14. The molecule has 0 spiro atoms. The molecule has 2 aromatic carbocycles. The Kier molecular flexibility index (Phi) is 7.03. The van der Waals surface area contributed by atoms with Crippen LogP contribution in [0.1, 0.15) is 24.2 Å². The number of para-hydroxylation sites is 2. The molecule has 0 fully saturated rings. The Bertz CT molecular complexity index is 1060. The lowest BCUT2D eigenvalue weighted by Crippen LogP contribution is -2.49. The Morgan fingerprint density at radius 3 is 2.57 bits per heavy atom. The van der Waals surface area contributed by atoms with Gasteiger partial charge in [0.25, 0.3) is 11.8 Å². The number of hydrogen-bond acceptors (Lipinski definition) is 4. The van der Waals surface area contributed by atoms with E-state index in [1.165, 1.54) is 0 Å². The summed E-state index contributed by atoms with van der Waals surface area (Å²) in [6.07, 6.45) is 1.85. The highest BCUT2D eigenvalue weighted by Crippen LogP contribution is 2.18. The van der Waals surface area contributed by atoms with Crippen LogP contribution in [0, 0.1) is 5.92 Å². The average Bonchev–Trinajstić information content (AvgIpc) is 3.14. The molecule has 0 saturated heterocycles. The van der Waals surface area contributed by atoms with Gasteiger partial charge >= 0.3 is 0 Å². The first kappa shape index (κ1) is 21.3. The van der Waals surface area contributed by atoms with E-state index in [1.54, 1.807) is 24.3 Å². The van der Waals surface area contributed by atoms with Gasteiger partial charge in [0.05, 0.1) is 12.2 Å². The summed E-state index contributed by atoms with van der Waals surface area (Å²) in [7, 11) is 0. The molecule has 0 atom stereocenters. The molecule has 0 radical (unpaired) electrons. The standard InChI is InChI=1S/C22H24N4O3S/c1-15(2)14-29-19-10-6-4-8-17(19)21(28)23-22(30)25-24-20(27)13-26-12-11-16-7-3-5-9-18(16)26/h3-12,15H,13-14H2,1-2H3,(H,24,27)(H2,23,25,28,30). The van der Waals surface area contributed by atoms with Gasteiger partial charge in [-0.05, 0) is 47.8 Å². The van der Waals surface area contributed by atoms with Crippen molar-refractivity contribution in [3.63, 3.8) is 0 Å². The minimum absolute atomic E-state index is 0.00984. The third-order valence-electron chi connectivity index (χ3n) is 4.24. The van der Waals surface area contributed by atoms with E-state index in [2.05, 4.69) is 16.2 Å². The summed E-state index contributed by atoms with van der Waals surface area (Å²) in [5, 5.41) is 3.59. The quantitative estimate of drug-likeness (QED) is 0.418. The van der Waals surface area contributed by atoms with E-state index in [-0.39, 0.29) is 17.6 Å². The lowest BCUT2D eigenvalue weighted by molar-refractivity contribution is -0.122. The number of hydrazine groups is 1. The van der Waals surface area contributed by atoms with Crippen LogP contribution in [0.25, 0.3) is 10.9 Å². The normalized spacial score (nSPS) is 10.6. The first-order valence-corrected chi connectivity index (χ1v) is 10.0. The van der Waals surface area contributed by atoms with Crippen LogP contribution in [0.2, 0.25) is 0 Å². The Labute approximate surface area is 180 Å². The molecular formula is C22H24N4O3S. The highest BCUT2D eigenvalue weighted by atomic mass is 32.1. The van der Waals surface area contributed by atoms with Crippen molar-refractivity contribution in [2.45, 2.75) is 20.4 Å². The van der Waals surface area contributed by atoms with Crippen LogP contribution in [0.5, 0.6) is 5.75 Å². The smallest absolute Gasteiger partial charge is 0.261 e. The maximum absolute atomic E-state index is 12.5. The maximum atomic E-state index is 12.5. The zero-order chi connectivity index (χ0) is 21.5. The first-order valence-electron chi connectivity index (χ1n) is 9.60. The molecule has 2 amide bonds. The molecule has 0 aliphatic heterocycles. The molecule has 156 valence electrons. The van der Waals surface area contributed by atoms with Gasteiger partial charge in [-0.3, -0.25) is 25.8 Å². The van der Waals surface area contributed by atoms with E-state index in [0.29, 0.717) is 23.8 Å². The number of thiocarbonyl (C=S) groups is 1. The number of ether oxygens (including phenoxy) is 1. The number of amides is 2. The molecular weight excluding hydrogens is 400 g/mol. The summed E-state index contributed by atoms with van der Waals surface area (Å²) in [5.41, 5.74) is 6.39. The molecule has 1 heterocycles. The van der Waals surface area contributed by atoms with Crippen LogP contribution in [0.15, 0.2) is 60.8 Å². The van der Waals surface area contributed by atoms with Gasteiger partial charge in [-0.15, -0.1) is 0 Å². The van der Waals surface area contributed by atoms with Gasteiger partial charge < -0.3 is 9.30 Å². The van der Waals surface area contributed by atoms with E-state index in [4.69, 9.17) is 17.0 Å². The summed E-state index contributed by atoms with van der Waals surface area (Å²) in [6, 6.07) is 16.7. The van der Waals surface area contributed by atoms with Crippen molar-refractivity contribution in [2.75, 3.05) is 6.61 Å². The van der Waals surface area contributed by atoms with Gasteiger partial charge in [0, 0.05) is 11.7 Å². The van der Waals surface area contributed by atoms with Crippen LogP contribution in [-0.4, -0.2) is 28.1 Å². The minimum atomic E-state index is -0.419. The third-order valence-corrected chi connectivity index (χ3v) is 4.44. The number of fused-ring (bicyclic) bond motifs is 1. The predicted molar refractivity (Wildman–Crippen MR) is 120 cm³/mol. The summed E-state index contributed by atoms with van der Waals surface area (Å²) in [6.45, 7) is 4.67. The number of carbonyl (C=O) groups excluding carboxylic acids is 2. The van der Waals surface area contributed by atoms with Crippen molar-refractivity contribution in [1.29, 1.82) is 0 Å². The zero-order valence-electron chi connectivity index (χ0n) is 16.8. The molecule has 30 heavy (non-hydrogen) atoms. The molecule has 0 bridgehead atoms. The van der Waals surface area contributed by atoms with Gasteiger partial charge in [0.15, 0.2) is 5.11 Å². The molecule has 3 aromatic rings. The molecule has 1 aromatic heterocycles. The van der Waals surface area contributed by atoms with Crippen molar-refractivity contribution in [3.05, 3.63) is 66.4 Å². The van der Waals surface area contributed by atoms with Crippen molar-refractivity contribution >= 4 is 40.0 Å². The second-order valence-electron chi connectivity index (χ2n) is 7.16. The molecule has 0 aliphatic rings. The van der Waals surface area contributed by atoms with Gasteiger partial charge in [0.1, 0.15) is 12.3 Å². The summed E-state index contributed by atoms with van der Waals surface area (Å²) >= 11 is 5.12. The summed E-state index contributed by atoms with van der Waals surface area (Å²) in [4.78, 5) is 24.8. The number of hydrogen-bond donors (Lipinski definition) is 3. The Morgan fingerprint density at radius 1 is 1.03 bits per heavy atom. The van der Waals surface area contributed by atoms with Crippen LogP contribution in [0.4, 0.5) is 0 Å². The van der Waals surface area contributed by atoms with Gasteiger partial charge in [-0.1, -0.05) is 44.2 Å². The second-order valence-corrected chi connectivity index (χ2v) is 7.57. The molecule has 0 saturated carbocycles. The highest BCUT2D eigenvalue weighted by molar-refractivity contribution is 7.80. The molecule has 3 rings (SSSR count). The molecule has 0 aliphatic carbocycles. The SMILES string of the molecule is CC(C)COc1ccccc1C(=O)NC(=S)NNC(=O)Cn1ccc2ccccc21.